The van der Waals surface area contributed by atoms with Gasteiger partial charge in [-0.1, -0.05) is 59.6 Å². The summed E-state index contributed by atoms with van der Waals surface area (Å²) in [5.74, 6) is -0.175. The molecule has 6 heteroatoms. The van der Waals surface area contributed by atoms with Gasteiger partial charge in [0, 0.05) is 22.0 Å². The van der Waals surface area contributed by atoms with Crippen LogP contribution in [0.1, 0.15) is 22.6 Å². The van der Waals surface area contributed by atoms with Gasteiger partial charge in [0.1, 0.15) is 5.82 Å². The summed E-state index contributed by atoms with van der Waals surface area (Å²) < 4.78 is 1.93. The summed E-state index contributed by atoms with van der Waals surface area (Å²) in [6.07, 6.45) is 3.67. The molecule has 0 aliphatic carbocycles. The molecule has 4 nitrogen and oxygen atoms in total. The van der Waals surface area contributed by atoms with E-state index in [0.29, 0.717) is 34.3 Å². The summed E-state index contributed by atoms with van der Waals surface area (Å²) in [5, 5.41) is 10.8. The van der Waals surface area contributed by atoms with Crippen LogP contribution in [0, 0.1) is 6.92 Å². The lowest BCUT2D eigenvalue weighted by atomic mass is 10.0. The normalized spacial score (nSPS) is 11.6. The molecular weight excluding hydrogens is 383 g/mol. The maximum Gasteiger partial charge on any atom is 0.331 e. The molecule has 2 aromatic carbocycles. The molecule has 0 fully saturated rings. The lowest BCUT2D eigenvalue weighted by molar-refractivity contribution is -0.132. The van der Waals surface area contributed by atoms with E-state index in [1.807, 2.05) is 47.9 Å². The maximum atomic E-state index is 11.7. The average molecular weight is 401 g/mol. The molecule has 0 amide bonds. The Morgan fingerprint density at radius 2 is 1.93 bits per heavy atom. The summed E-state index contributed by atoms with van der Waals surface area (Å²) in [4.78, 5) is 16.1. The molecule has 0 radical (unpaired) electrons. The Hall–Kier alpha value is -2.56. The number of aliphatic carboxylic acids is 1. The first kappa shape index (κ1) is 19.2. The topological polar surface area (TPSA) is 55.1 Å². The van der Waals surface area contributed by atoms with Crippen molar-refractivity contribution in [1.82, 2.24) is 9.55 Å². The number of rotatable bonds is 6. The number of carboxylic acid groups (broad SMARTS) is 1. The van der Waals surface area contributed by atoms with Crippen LogP contribution in [0.15, 0.2) is 60.3 Å². The predicted molar refractivity (Wildman–Crippen MR) is 108 cm³/mol. The molecule has 1 heterocycles. The van der Waals surface area contributed by atoms with Crippen LogP contribution in [0.4, 0.5) is 0 Å². The first-order valence-electron chi connectivity index (χ1n) is 8.38. The minimum Gasteiger partial charge on any atom is -0.478 e. The number of aryl methyl sites for hydroxylation is 1. The van der Waals surface area contributed by atoms with Gasteiger partial charge >= 0.3 is 5.97 Å². The van der Waals surface area contributed by atoms with Crippen molar-refractivity contribution in [2.75, 3.05) is 0 Å². The minimum absolute atomic E-state index is 0.296. The number of benzene rings is 2. The first-order valence-corrected chi connectivity index (χ1v) is 9.13. The Morgan fingerprint density at radius 3 is 2.59 bits per heavy atom. The third-order valence-electron chi connectivity index (χ3n) is 4.26. The van der Waals surface area contributed by atoms with E-state index in [-0.39, 0.29) is 0 Å². The number of hydrogen-bond acceptors (Lipinski definition) is 2. The van der Waals surface area contributed by atoms with Gasteiger partial charge in [0.2, 0.25) is 0 Å². The van der Waals surface area contributed by atoms with E-state index in [4.69, 9.17) is 23.2 Å². The lowest BCUT2D eigenvalue weighted by Gasteiger charge is -2.11. The highest BCUT2D eigenvalue weighted by Gasteiger charge is 2.13. The largest absolute Gasteiger partial charge is 0.478 e. The van der Waals surface area contributed by atoms with Crippen molar-refractivity contribution in [3.05, 3.63) is 93.0 Å². The van der Waals surface area contributed by atoms with Gasteiger partial charge in [-0.05, 0) is 36.3 Å². The van der Waals surface area contributed by atoms with Crippen molar-refractivity contribution < 1.29 is 9.90 Å². The molecule has 0 bridgehead atoms. The third-order valence-corrected chi connectivity index (χ3v) is 4.85. The van der Waals surface area contributed by atoms with Crippen molar-refractivity contribution in [3.63, 3.8) is 0 Å². The Labute approximate surface area is 167 Å². The van der Waals surface area contributed by atoms with Gasteiger partial charge in [-0.2, -0.15) is 0 Å². The van der Waals surface area contributed by atoms with Gasteiger partial charge in [0.15, 0.2) is 0 Å². The number of carbonyl (C=O) groups is 1. The van der Waals surface area contributed by atoms with Gasteiger partial charge in [0.25, 0.3) is 0 Å². The molecule has 0 saturated carbocycles. The Balaban J connectivity index is 1.94. The molecular formula is C21H18Cl2N2O2. The molecule has 138 valence electrons. The molecule has 27 heavy (non-hydrogen) atoms. The zero-order valence-electron chi connectivity index (χ0n) is 14.7. The number of carboxylic acids is 1. The van der Waals surface area contributed by atoms with Crippen molar-refractivity contribution >= 4 is 35.2 Å². The third kappa shape index (κ3) is 4.79. The Bertz CT molecular complexity index is 995. The van der Waals surface area contributed by atoms with Crippen molar-refractivity contribution in [1.29, 1.82) is 0 Å². The highest BCUT2D eigenvalue weighted by atomic mass is 35.5. The zero-order chi connectivity index (χ0) is 19.4. The quantitative estimate of drug-likeness (QED) is 0.574. The Kier molecular flexibility index (Phi) is 5.99. The summed E-state index contributed by atoms with van der Waals surface area (Å²) in [7, 11) is 0. The summed E-state index contributed by atoms with van der Waals surface area (Å²) in [5.41, 5.74) is 2.84. The molecule has 1 N–H and O–H groups in total. The molecule has 3 rings (SSSR count). The van der Waals surface area contributed by atoms with Gasteiger partial charge < -0.3 is 9.67 Å². The molecule has 1 aromatic heterocycles. The number of nitrogens with zero attached hydrogens (tertiary/aromatic N) is 2. The van der Waals surface area contributed by atoms with Crippen molar-refractivity contribution in [2.24, 2.45) is 0 Å². The number of halogens is 2. The summed E-state index contributed by atoms with van der Waals surface area (Å²) >= 11 is 12.3. The van der Waals surface area contributed by atoms with Crippen LogP contribution in [-0.2, 0) is 17.8 Å². The standard InChI is InChI=1S/C21H18Cl2N2O2/c1-14-24-12-19(25(14)13-16-7-8-18(22)11-20(16)23)10-17(21(26)27)9-15-5-3-2-4-6-15/h2-8,10-12H,9,13H2,1H3,(H,26,27). The van der Waals surface area contributed by atoms with E-state index < -0.39 is 5.97 Å². The minimum atomic E-state index is -0.950. The van der Waals surface area contributed by atoms with E-state index in [9.17, 15) is 9.90 Å². The van der Waals surface area contributed by atoms with Gasteiger partial charge in [-0.25, -0.2) is 9.78 Å². The second-order valence-corrected chi connectivity index (χ2v) is 7.03. The van der Waals surface area contributed by atoms with Crippen LogP contribution in [0.2, 0.25) is 10.0 Å². The zero-order valence-corrected chi connectivity index (χ0v) is 16.2. The number of aromatic nitrogens is 2. The van der Waals surface area contributed by atoms with Crippen LogP contribution < -0.4 is 0 Å². The van der Waals surface area contributed by atoms with Crippen LogP contribution >= 0.6 is 23.2 Å². The SMILES string of the molecule is Cc1ncc(C=C(Cc2ccccc2)C(=O)O)n1Cc1ccc(Cl)cc1Cl. The highest BCUT2D eigenvalue weighted by molar-refractivity contribution is 6.35. The fraction of sp³-hybridized carbons (Fsp3) is 0.143. The molecule has 0 aliphatic heterocycles. The number of hydrogen-bond donors (Lipinski definition) is 1. The van der Waals surface area contributed by atoms with Crippen LogP contribution in [-0.4, -0.2) is 20.6 Å². The van der Waals surface area contributed by atoms with Crippen LogP contribution in [0.3, 0.4) is 0 Å². The van der Waals surface area contributed by atoms with Crippen molar-refractivity contribution in [3.8, 4) is 0 Å². The first-order chi connectivity index (χ1) is 12.9. The molecule has 0 saturated heterocycles. The molecule has 0 spiro atoms. The summed E-state index contributed by atoms with van der Waals surface area (Å²) in [6.45, 7) is 2.35. The maximum absolute atomic E-state index is 11.7. The molecule has 3 aromatic rings. The van der Waals surface area contributed by atoms with E-state index in [0.717, 1.165) is 17.0 Å². The molecule has 0 aliphatic rings. The van der Waals surface area contributed by atoms with Gasteiger partial charge in [0.05, 0.1) is 18.4 Å². The predicted octanol–water partition coefficient (Wildman–Crippen LogP) is 5.26. The van der Waals surface area contributed by atoms with E-state index in [1.165, 1.54) is 0 Å². The van der Waals surface area contributed by atoms with E-state index in [2.05, 4.69) is 4.98 Å². The molecule has 0 unspecified atom stereocenters. The highest BCUT2D eigenvalue weighted by Crippen LogP contribution is 2.23. The fourth-order valence-electron chi connectivity index (χ4n) is 2.81. The second-order valence-electron chi connectivity index (χ2n) is 6.19. The average Bonchev–Trinajstić information content (AvgIpc) is 2.97. The summed E-state index contributed by atoms with van der Waals surface area (Å²) in [6, 6.07) is 14.8. The second kappa shape index (κ2) is 8.42. The van der Waals surface area contributed by atoms with Gasteiger partial charge in [-0.3, -0.25) is 0 Å². The van der Waals surface area contributed by atoms with Crippen LogP contribution in [0.5, 0.6) is 0 Å². The smallest absolute Gasteiger partial charge is 0.331 e. The Morgan fingerprint density at radius 1 is 1.19 bits per heavy atom. The fourth-order valence-corrected chi connectivity index (χ4v) is 3.28. The van der Waals surface area contributed by atoms with E-state index in [1.54, 1.807) is 24.4 Å². The number of imidazole rings is 1. The molecule has 0 atom stereocenters. The van der Waals surface area contributed by atoms with Crippen LogP contribution in [0.25, 0.3) is 6.08 Å². The lowest BCUT2D eigenvalue weighted by Crippen LogP contribution is -2.08. The van der Waals surface area contributed by atoms with Gasteiger partial charge in [-0.15, -0.1) is 0 Å². The monoisotopic (exact) mass is 400 g/mol. The van der Waals surface area contributed by atoms with Crippen molar-refractivity contribution in [2.45, 2.75) is 19.9 Å². The van der Waals surface area contributed by atoms with E-state index >= 15 is 0 Å².